The van der Waals surface area contributed by atoms with Crippen LogP contribution in [0.25, 0.3) is 0 Å². The average Bonchev–Trinajstić information content (AvgIpc) is 2.98. The van der Waals surface area contributed by atoms with Gasteiger partial charge in [0.05, 0.1) is 12.2 Å². The van der Waals surface area contributed by atoms with E-state index in [1.807, 2.05) is 48.6 Å². The third-order valence-electron chi connectivity index (χ3n) is 2.99. The first-order chi connectivity index (χ1) is 10.6. The van der Waals surface area contributed by atoms with Crippen molar-refractivity contribution in [1.29, 1.82) is 0 Å². The maximum Gasteiger partial charge on any atom is 0.191 e. The van der Waals surface area contributed by atoms with Crippen LogP contribution >= 0.6 is 46.9 Å². The molecule has 0 aliphatic rings. The Bertz CT molecular complexity index is 644. The van der Waals surface area contributed by atoms with Crippen molar-refractivity contribution < 1.29 is 0 Å². The number of aromatic nitrogens is 1. The number of nitrogens with zero attached hydrogens (tertiary/aromatic N) is 3. The molecule has 0 fully saturated rings. The Hall–Kier alpha value is -1.06. The highest BCUT2D eigenvalue weighted by molar-refractivity contribution is 14.0. The molecule has 0 saturated heterocycles. The maximum atomic E-state index is 6.14. The number of hydrogen-bond donors (Lipinski definition) is 2. The number of thiazole rings is 1. The SMILES string of the molecule is CN=C(NCc1csc(N(C)C)n1)NCc1ccccc1Cl.I. The van der Waals surface area contributed by atoms with Crippen molar-refractivity contribution in [3.63, 3.8) is 0 Å². The molecule has 1 aromatic carbocycles. The number of anilines is 1. The van der Waals surface area contributed by atoms with Crippen molar-refractivity contribution >= 4 is 58.0 Å². The predicted molar refractivity (Wildman–Crippen MR) is 110 cm³/mol. The molecule has 126 valence electrons. The minimum absolute atomic E-state index is 0. The van der Waals surface area contributed by atoms with Crippen LogP contribution < -0.4 is 15.5 Å². The van der Waals surface area contributed by atoms with E-state index in [1.54, 1.807) is 18.4 Å². The average molecular weight is 466 g/mol. The monoisotopic (exact) mass is 465 g/mol. The molecule has 2 N–H and O–H groups in total. The van der Waals surface area contributed by atoms with Crippen molar-refractivity contribution in [2.24, 2.45) is 4.99 Å². The molecule has 0 spiro atoms. The van der Waals surface area contributed by atoms with E-state index in [9.17, 15) is 0 Å². The van der Waals surface area contributed by atoms with Gasteiger partial charge in [-0.05, 0) is 11.6 Å². The van der Waals surface area contributed by atoms with Gasteiger partial charge in [0.2, 0.25) is 0 Å². The quantitative estimate of drug-likeness (QED) is 0.404. The first kappa shape index (κ1) is 20.0. The first-order valence-corrected chi connectivity index (χ1v) is 8.15. The zero-order chi connectivity index (χ0) is 15.9. The summed E-state index contributed by atoms with van der Waals surface area (Å²) in [6, 6.07) is 7.76. The van der Waals surface area contributed by atoms with Gasteiger partial charge < -0.3 is 15.5 Å². The molecule has 0 saturated carbocycles. The summed E-state index contributed by atoms with van der Waals surface area (Å²) in [7, 11) is 5.72. The smallest absolute Gasteiger partial charge is 0.191 e. The molecule has 1 aromatic heterocycles. The van der Waals surface area contributed by atoms with Gasteiger partial charge in [0.15, 0.2) is 11.1 Å². The van der Waals surface area contributed by atoms with E-state index in [0.717, 1.165) is 27.4 Å². The summed E-state index contributed by atoms with van der Waals surface area (Å²) >= 11 is 7.77. The van der Waals surface area contributed by atoms with Gasteiger partial charge in [-0.15, -0.1) is 35.3 Å². The standard InChI is InChI=1S/C15H20ClN5S.HI/c1-17-14(18-8-11-6-4-5-7-13(11)16)19-9-12-10-22-15(20-12)21(2)3;/h4-7,10H,8-9H2,1-3H3,(H2,17,18,19);1H. The van der Waals surface area contributed by atoms with Crippen LogP contribution in [0.15, 0.2) is 34.6 Å². The van der Waals surface area contributed by atoms with Gasteiger partial charge in [-0.3, -0.25) is 4.99 Å². The van der Waals surface area contributed by atoms with Crippen LogP contribution in [0.3, 0.4) is 0 Å². The van der Waals surface area contributed by atoms with Gasteiger partial charge in [-0.2, -0.15) is 0 Å². The number of hydrogen-bond acceptors (Lipinski definition) is 4. The molecule has 0 aliphatic carbocycles. The Balaban J connectivity index is 0.00000264. The highest BCUT2D eigenvalue weighted by Crippen LogP contribution is 2.17. The Morgan fingerprint density at radius 2 is 1.96 bits per heavy atom. The molecule has 8 heteroatoms. The molecule has 0 amide bonds. The second-order valence-electron chi connectivity index (χ2n) is 4.89. The summed E-state index contributed by atoms with van der Waals surface area (Å²) in [6.07, 6.45) is 0. The van der Waals surface area contributed by atoms with Gasteiger partial charge in [0.25, 0.3) is 0 Å². The second kappa shape index (κ2) is 9.94. The maximum absolute atomic E-state index is 6.14. The van der Waals surface area contributed by atoms with Gasteiger partial charge in [0.1, 0.15) is 0 Å². The number of aliphatic imine (C=N–C) groups is 1. The molecule has 2 aromatic rings. The van der Waals surface area contributed by atoms with E-state index in [4.69, 9.17) is 11.6 Å². The minimum Gasteiger partial charge on any atom is -0.354 e. The number of nitrogens with one attached hydrogen (secondary N) is 2. The lowest BCUT2D eigenvalue weighted by molar-refractivity contribution is 0.797. The van der Waals surface area contributed by atoms with Gasteiger partial charge in [-0.1, -0.05) is 29.8 Å². The summed E-state index contributed by atoms with van der Waals surface area (Å²) in [4.78, 5) is 10.7. The molecule has 2 rings (SSSR count). The number of halogens is 2. The first-order valence-electron chi connectivity index (χ1n) is 6.90. The molecular weight excluding hydrogens is 445 g/mol. The molecule has 0 unspecified atom stereocenters. The summed E-state index contributed by atoms with van der Waals surface area (Å²) in [6.45, 7) is 1.26. The zero-order valence-electron chi connectivity index (χ0n) is 13.3. The largest absolute Gasteiger partial charge is 0.354 e. The van der Waals surface area contributed by atoms with E-state index < -0.39 is 0 Å². The third-order valence-corrected chi connectivity index (χ3v) is 4.41. The predicted octanol–water partition coefficient (Wildman–Crippen LogP) is 3.35. The van der Waals surface area contributed by atoms with Crippen LogP contribution in [0.2, 0.25) is 5.02 Å². The zero-order valence-corrected chi connectivity index (χ0v) is 17.2. The molecule has 0 atom stereocenters. The minimum atomic E-state index is 0. The van der Waals surface area contributed by atoms with Crippen LogP contribution in [-0.4, -0.2) is 32.1 Å². The Morgan fingerprint density at radius 3 is 2.57 bits per heavy atom. The number of benzene rings is 1. The van der Waals surface area contributed by atoms with Crippen LogP contribution in [0.4, 0.5) is 5.13 Å². The lowest BCUT2D eigenvalue weighted by Gasteiger charge is -2.12. The molecule has 0 aliphatic heterocycles. The van der Waals surface area contributed by atoms with Gasteiger partial charge in [0, 0.05) is 38.1 Å². The molecule has 5 nitrogen and oxygen atoms in total. The molecule has 0 radical (unpaired) electrons. The van der Waals surface area contributed by atoms with Crippen LogP contribution in [0.5, 0.6) is 0 Å². The fourth-order valence-electron chi connectivity index (χ4n) is 1.80. The van der Waals surface area contributed by atoms with E-state index in [0.29, 0.717) is 13.1 Å². The van der Waals surface area contributed by atoms with Gasteiger partial charge in [-0.25, -0.2) is 4.98 Å². The molecule has 0 bridgehead atoms. The fourth-order valence-corrected chi connectivity index (χ4v) is 2.76. The highest BCUT2D eigenvalue weighted by Gasteiger charge is 2.05. The summed E-state index contributed by atoms with van der Waals surface area (Å²) in [5.74, 6) is 0.722. The topological polar surface area (TPSA) is 52.6 Å². The van der Waals surface area contributed by atoms with Crippen LogP contribution in [-0.2, 0) is 13.1 Å². The Labute approximate surface area is 163 Å². The summed E-state index contributed by atoms with van der Waals surface area (Å²) < 4.78 is 0. The fraction of sp³-hybridized carbons (Fsp3) is 0.333. The second-order valence-corrected chi connectivity index (χ2v) is 6.13. The van der Waals surface area contributed by atoms with Crippen LogP contribution in [0.1, 0.15) is 11.3 Å². The van der Waals surface area contributed by atoms with E-state index in [1.165, 1.54) is 0 Å². The summed E-state index contributed by atoms with van der Waals surface area (Å²) in [5.41, 5.74) is 2.03. The van der Waals surface area contributed by atoms with E-state index >= 15 is 0 Å². The Morgan fingerprint density at radius 1 is 1.26 bits per heavy atom. The molecule has 1 heterocycles. The third kappa shape index (κ3) is 6.15. The van der Waals surface area contributed by atoms with Crippen molar-refractivity contribution in [2.75, 3.05) is 26.0 Å². The van der Waals surface area contributed by atoms with E-state index in [-0.39, 0.29) is 24.0 Å². The lowest BCUT2D eigenvalue weighted by atomic mass is 10.2. The van der Waals surface area contributed by atoms with Crippen molar-refractivity contribution in [2.45, 2.75) is 13.1 Å². The van der Waals surface area contributed by atoms with Gasteiger partial charge >= 0.3 is 0 Å². The Kier molecular flexibility index (Phi) is 8.64. The van der Waals surface area contributed by atoms with Crippen LogP contribution in [0, 0.1) is 0 Å². The number of rotatable bonds is 5. The van der Waals surface area contributed by atoms with Crippen molar-refractivity contribution in [3.05, 3.63) is 45.9 Å². The van der Waals surface area contributed by atoms with Crippen molar-refractivity contribution in [3.8, 4) is 0 Å². The normalized spacial score (nSPS) is 10.9. The molecule has 23 heavy (non-hydrogen) atoms. The van der Waals surface area contributed by atoms with Crippen molar-refractivity contribution in [1.82, 2.24) is 15.6 Å². The van der Waals surface area contributed by atoms with E-state index in [2.05, 4.69) is 20.6 Å². The number of guanidine groups is 1. The summed E-state index contributed by atoms with van der Waals surface area (Å²) in [5, 5.41) is 10.3. The molecular formula is C15H21ClIN5S. The highest BCUT2D eigenvalue weighted by atomic mass is 127. The lowest BCUT2D eigenvalue weighted by Crippen LogP contribution is -2.36.